The summed E-state index contributed by atoms with van der Waals surface area (Å²) in [6.45, 7) is 0. The molecule has 1 amide bonds. The molecule has 4 aromatic rings. The van der Waals surface area contributed by atoms with E-state index in [1.165, 1.54) is 31.5 Å². The van der Waals surface area contributed by atoms with Crippen LogP contribution in [-0.4, -0.2) is 25.2 Å². The number of hydrogen-bond donors (Lipinski definition) is 1. The van der Waals surface area contributed by atoms with E-state index in [1.54, 1.807) is 24.3 Å². The van der Waals surface area contributed by atoms with Gasteiger partial charge in [0, 0.05) is 5.56 Å². The van der Waals surface area contributed by atoms with Gasteiger partial charge in [-0.25, -0.2) is 10.2 Å². The number of carbonyl (C=O) groups is 2. The van der Waals surface area contributed by atoms with Crippen LogP contribution >= 0.6 is 23.2 Å². The van der Waals surface area contributed by atoms with E-state index in [0.717, 1.165) is 10.8 Å². The van der Waals surface area contributed by atoms with Crippen molar-refractivity contribution in [2.45, 2.75) is 0 Å². The lowest BCUT2D eigenvalue weighted by Crippen LogP contribution is -2.17. The molecule has 0 aliphatic rings. The molecule has 0 atom stereocenters. The number of carbonyl (C=O) groups excluding carboxylic acids is 2. The molecule has 8 heteroatoms. The molecule has 6 nitrogen and oxygen atoms in total. The van der Waals surface area contributed by atoms with Gasteiger partial charge in [0.1, 0.15) is 0 Å². The second-order valence-corrected chi connectivity index (χ2v) is 7.97. The maximum atomic E-state index is 12.6. The number of ether oxygens (including phenoxy) is 2. The molecule has 170 valence electrons. The van der Waals surface area contributed by atoms with Crippen molar-refractivity contribution < 1.29 is 19.1 Å². The summed E-state index contributed by atoms with van der Waals surface area (Å²) in [5.74, 6) is -0.402. The second kappa shape index (κ2) is 10.4. The quantitative estimate of drug-likeness (QED) is 0.152. The molecule has 1 N–H and O–H groups in total. The number of methoxy groups -OCH3 is 1. The number of esters is 1. The Morgan fingerprint density at radius 2 is 1.68 bits per heavy atom. The minimum absolute atomic E-state index is 0.218. The van der Waals surface area contributed by atoms with Gasteiger partial charge < -0.3 is 9.47 Å². The Morgan fingerprint density at radius 3 is 2.47 bits per heavy atom. The van der Waals surface area contributed by atoms with Gasteiger partial charge in [-0.15, -0.1) is 0 Å². The predicted octanol–water partition coefficient (Wildman–Crippen LogP) is 6.14. The number of nitrogens with one attached hydrogen (secondary N) is 1. The lowest BCUT2D eigenvalue weighted by molar-refractivity contribution is 0.0729. The molecule has 0 heterocycles. The molecule has 0 saturated heterocycles. The first kappa shape index (κ1) is 23.3. The fourth-order valence-corrected chi connectivity index (χ4v) is 3.58. The summed E-state index contributed by atoms with van der Waals surface area (Å²) in [7, 11) is 1.45. The molecule has 0 radical (unpaired) electrons. The summed E-state index contributed by atoms with van der Waals surface area (Å²) in [4.78, 5) is 25.1. The molecule has 34 heavy (non-hydrogen) atoms. The monoisotopic (exact) mass is 492 g/mol. The Morgan fingerprint density at radius 1 is 0.882 bits per heavy atom. The van der Waals surface area contributed by atoms with E-state index < -0.39 is 5.97 Å². The molecule has 4 aromatic carbocycles. The van der Waals surface area contributed by atoms with Crippen LogP contribution in [0.2, 0.25) is 10.0 Å². The van der Waals surface area contributed by atoms with Gasteiger partial charge in [0.15, 0.2) is 11.5 Å². The van der Waals surface area contributed by atoms with Crippen LogP contribution in [0.3, 0.4) is 0 Å². The summed E-state index contributed by atoms with van der Waals surface area (Å²) in [6.07, 6.45) is 1.47. The van der Waals surface area contributed by atoms with Gasteiger partial charge in [0.25, 0.3) is 5.91 Å². The molecule has 0 aliphatic heterocycles. The maximum absolute atomic E-state index is 12.6. The highest BCUT2D eigenvalue weighted by molar-refractivity contribution is 6.42. The van der Waals surface area contributed by atoms with Gasteiger partial charge in [0.05, 0.1) is 28.9 Å². The number of amides is 1. The van der Waals surface area contributed by atoms with Crippen molar-refractivity contribution in [1.82, 2.24) is 5.43 Å². The second-order valence-electron chi connectivity index (χ2n) is 7.15. The minimum atomic E-state index is -0.611. The van der Waals surface area contributed by atoms with Gasteiger partial charge >= 0.3 is 5.97 Å². The van der Waals surface area contributed by atoms with Crippen LogP contribution in [0.25, 0.3) is 10.8 Å². The third-order valence-electron chi connectivity index (χ3n) is 4.96. The first-order chi connectivity index (χ1) is 16.5. The Kier molecular flexibility index (Phi) is 7.11. The van der Waals surface area contributed by atoms with Crippen LogP contribution in [0, 0.1) is 0 Å². The number of fused-ring (bicyclic) bond motifs is 1. The molecular formula is C26H18Cl2N2O4. The SMILES string of the molecule is COc1cc(/C=N\NC(=O)c2cccc3ccccc23)ccc1OC(=O)c1ccc(Cl)c(Cl)c1. The molecular weight excluding hydrogens is 475 g/mol. The van der Waals surface area contributed by atoms with Crippen molar-refractivity contribution in [3.05, 3.63) is 106 Å². The number of nitrogens with zero attached hydrogens (tertiary/aromatic N) is 1. The Labute approximate surface area is 205 Å². The first-order valence-corrected chi connectivity index (χ1v) is 10.9. The van der Waals surface area contributed by atoms with Crippen molar-refractivity contribution in [1.29, 1.82) is 0 Å². The number of hydrogen-bond acceptors (Lipinski definition) is 5. The number of rotatable bonds is 6. The van der Waals surface area contributed by atoms with E-state index in [4.69, 9.17) is 32.7 Å². The van der Waals surface area contributed by atoms with Crippen LogP contribution in [-0.2, 0) is 0 Å². The van der Waals surface area contributed by atoms with Crippen molar-refractivity contribution in [2.75, 3.05) is 7.11 Å². The highest BCUT2D eigenvalue weighted by atomic mass is 35.5. The zero-order valence-corrected chi connectivity index (χ0v) is 19.4. The van der Waals surface area contributed by atoms with Crippen LogP contribution < -0.4 is 14.9 Å². The molecule has 0 bridgehead atoms. The fourth-order valence-electron chi connectivity index (χ4n) is 3.28. The number of halogens is 2. The molecule has 0 aliphatic carbocycles. The average Bonchev–Trinajstić information content (AvgIpc) is 2.86. The van der Waals surface area contributed by atoms with Gasteiger partial charge in [-0.05, 0) is 58.8 Å². The van der Waals surface area contributed by atoms with Gasteiger partial charge in [-0.2, -0.15) is 5.10 Å². The summed E-state index contributed by atoms with van der Waals surface area (Å²) in [5, 5.41) is 6.44. The highest BCUT2D eigenvalue weighted by Crippen LogP contribution is 2.29. The van der Waals surface area contributed by atoms with Crippen molar-refractivity contribution in [3.63, 3.8) is 0 Å². The van der Waals surface area contributed by atoms with Crippen LogP contribution in [0.4, 0.5) is 0 Å². The van der Waals surface area contributed by atoms with E-state index in [2.05, 4.69) is 10.5 Å². The largest absolute Gasteiger partial charge is 0.493 e. The Balaban J connectivity index is 1.46. The predicted molar refractivity (Wildman–Crippen MR) is 133 cm³/mol. The molecule has 0 aromatic heterocycles. The van der Waals surface area contributed by atoms with Gasteiger partial charge in [0.2, 0.25) is 0 Å². The lowest BCUT2D eigenvalue weighted by Gasteiger charge is -2.10. The van der Waals surface area contributed by atoms with Gasteiger partial charge in [-0.1, -0.05) is 59.6 Å². The fraction of sp³-hybridized carbons (Fsp3) is 0.0385. The third kappa shape index (κ3) is 5.20. The molecule has 0 spiro atoms. The average molecular weight is 493 g/mol. The summed E-state index contributed by atoms with van der Waals surface area (Å²) >= 11 is 11.9. The molecule has 0 fully saturated rings. The van der Waals surface area contributed by atoms with E-state index >= 15 is 0 Å². The highest BCUT2D eigenvalue weighted by Gasteiger charge is 2.14. The zero-order chi connectivity index (χ0) is 24.1. The van der Waals surface area contributed by atoms with Gasteiger partial charge in [-0.3, -0.25) is 4.79 Å². The maximum Gasteiger partial charge on any atom is 0.343 e. The number of hydrazone groups is 1. The van der Waals surface area contributed by atoms with E-state index in [0.29, 0.717) is 21.9 Å². The number of benzene rings is 4. The Bertz CT molecular complexity index is 1410. The van der Waals surface area contributed by atoms with Crippen LogP contribution in [0.15, 0.2) is 84.0 Å². The van der Waals surface area contributed by atoms with E-state index in [-0.39, 0.29) is 22.2 Å². The minimum Gasteiger partial charge on any atom is -0.493 e. The van der Waals surface area contributed by atoms with E-state index in [1.807, 2.05) is 36.4 Å². The lowest BCUT2D eigenvalue weighted by atomic mass is 10.0. The van der Waals surface area contributed by atoms with Crippen LogP contribution in [0.1, 0.15) is 26.3 Å². The standard InChI is InChI=1S/C26H18Cl2N2O4/c1-33-24-13-16(9-12-23(24)34-26(32)18-10-11-21(27)22(28)14-18)15-29-30-25(31)20-8-4-6-17-5-2-3-7-19(17)20/h2-15H,1H3,(H,30,31)/b29-15-. The Hall–Kier alpha value is -3.87. The molecule has 0 saturated carbocycles. The summed E-state index contributed by atoms with van der Waals surface area (Å²) in [5.41, 5.74) is 3.94. The van der Waals surface area contributed by atoms with Crippen molar-refractivity contribution in [2.24, 2.45) is 5.10 Å². The third-order valence-corrected chi connectivity index (χ3v) is 5.70. The van der Waals surface area contributed by atoms with Crippen LogP contribution in [0.5, 0.6) is 11.5 Å². The van der Waals surface area contributed by atoms with Crippen molar-refractivity contribution in [3.8, 4) is 11.5 Å². The van der Waals surface area contributed by atoms with Crippen molar-refractivity contribution >= 4 is 52.1 Å². The summed E-state index contributed by atoms with van der Waals surface area (Å²) < 4.78 is 10.8. The first-order valence-electron chi connectivity index (χ1n) is 10.1. The topological polar surface area (TPSA) is 77.0 Å². The van der Waals surface area contributed by atoms with E-state index in [9.17, 15) is 9.59 Å². The molecule has 0 unspecified atom stereocenters. The summed E-state index contributed by atoms with van der Waals surface area (Å²) in [6, 6.07) is 22.5. The zero-order valence-electron chi connectivity index (χ0n) is 17.9. The molecule has 4 rings (SSSR count). The normalized spacial score (nSPS) is 10.9. The smallest absolute Gasteiger partial charge is 0.343 e.